The average Bonchev–Trinajstić information content (AvgIpc) is 3.11. The van der Waals surface area contributed by atoms with Crippen molar-refractivity contribution in [3.05, 3.63) is 53.1 Å². The summed E-state index contributed by atoms with van der Waals surface area (Å²) in [7, 11) is -2.52. The van der Waals surface area contributed by atoms with E-state index in [0.717, 1.165) is 34.5 Å². The second-order valence-corrected chi connectivity index (χ2v) is 17.9. The number of aromatic hydroxyl groups is 1. The van der Waals surface area contributed by atoms with Crippen LogP contribution in [0.5, 0.6) is 11.5 Å². The maximum atomic E-state index is 13.6. The van der Waals surface area contributed by atoms with Gasteiger partial charge in [-0.05, 0) is 36.8 Å². The van der Waals surface area contributed by atoms with Crippen LogP contribution in [0.4, 0.5) is 10.5 Å². The van der Waals surface area contributed by atoms with Gasteiger partial charge in [0.2, 0.25) is 20.0 Å². The maximum Gasteiger partial charge on any atom is 0.414 e. The van der Waals surface area contributed by atoms with Crippen LogP contribution in [0.1, 0.15) is 107 Å². The van der Waals surface area contributed by atoms with Gasteiger partial charge in [-0.3, -0.25) is 4.79 Å². The number of fused-ring (bicyclic) bond motifs is 1. The van der Waals surface area contributed by atoms with Crippen molar-refractivity contribution in [1.29, 1.82) is 0 Å². The summed E-state index contributed by atoms with van der Waals surface area (Å²) in [5, 5.41) is 13.6. The van der Waals surface area contributed by atoms with Crippen molar-refractivity contribution < 1.29 is 36.3 Å². The standard InChI is InChI=1S/C38H55ClN4O8S2/c1-6-7-8-9-10-11-12-13-14-15-16-17-18-19-25-40-52(47,48)28-23-24-31(39)32(26-28)41-37(45)30-27-33(51-38(46)42(2)3)35-29(36(30)44)21-20-22-34(35)53(49,50)43(4)5/h20-24,26-27,40,44H,6-19,25H2,1-5H3,(H,41,45). The molecule has 15 heteroatoms. The number of carbonyl (C=O) groups is 2. The summed E-state index contributed by atoms with van der Waals surface area (Å²) in [5.74, 6) is -1.80. The van der Waals surface area contributed by atoms with E-state index in [0.29, 0.717) is 6.42 Å². The number of nitrogens with one attached hydrogen (secondary N) is 2. The number of rotatable bonds is 22. The first-order chi connectivity index (χ1) is 25.1. The van der Waals surface area contributed by atoms with Crippen LogP contribution < -0.4 is 14.8 Å². The molecular weight excluding hydrogens is 740 g/mol. The Balaban J connectivity index is 1.67. The Hall–Kier alpha value is -3.43. The topological polar surface area (TPSA) is 162 Å². The summed E-state index contributed by atoms with van der Waals surface area (Å²) < 4.78 is 61.7. The second kappa shape index (κ2) is 20.9. The molecule has 0 aromatic heterocycles. The molecule has 294 valence electrons. The van der Waals surface area contributed by atoms with Gasteiger partial charge in [0.05, 0.1) is 26.1 Å². The lowest BCUT2D eigenvalue weighted by Gasteiger charge is -2.19. The van der Waals surface area contributed by atoms with Crippen molar-refractivity contribution in [3.63, 3.8) is 0 Å². The van der Waals surface area contributed by atoms with Gasteiger partial charge in [0, 0.05) is 45.5 Å². The molecule has 0 aliphatic rings. The van der Waals surface area contributed by atoms with E-state index in [9.17, 15) is 31.5 Å². The maximum absolute atomic E-state index is 13.6. The van der Waals surface area contributed by atoms with E-state index < -0.39 is 37.8 Å². The number of unbranched alkanes of at least 4 members (excludes halogenated alkanes) is 13. The van der Waals surface area contributed by atoms with Crippen molar-refractivity contribution in [2.45, 2.75) is 107 Å². The Kier molecular flexibility index (Phi) is 17.3. The van der Waals surface area contributed by atoms with Crippen LogP contribution in [0, 0.1) is 0 Å². The molecule has 3 aromatic carbocycles. The number of benzene rings is 3. The number of phenolic OH excluding ortho intramolecular Hbond substituents is 1. The summed E-state index contributed by atoms with van der Waals surface area (Å²) in [5.41, 5.74) is -0.426. The average molecular weight is 795 g/mol. The molecule has 53 heavy (non-hydrogen) atoms. The molecule has 0 heterocycles. The first kappa shape index (κ1) is 44.0. The number of phenols is 1. The third kappa shape index (κ3) is 12.6. The zero-order valence-electron chi connectivity index (χ0n) is 31.5. The van der Waals surface area contributed by atoms with E-state index in [-0.39, 0.29) is 49.1 Å². The minimum absolute atomic E-state index is 0.0307. The van der Waals surface area contributed by atoms with Gasteiger partial charge < -0.3 is 20.1 Å². The predicted molar refractivity (Wildman–Crippen MR) is 211 cm³/mol. The molecule has 0 atom stereocenters. The van der Waals surface area contributed by atoms with E-state index in [2.05, 4.69) is 17.0 Å². The van der Waals surface area contributed by atoms with Crippen molar-refractivity contribution in [1.82, 2.24) is 13.9 Å². The minimum Gasteiger partial charge on any atom is -0.506 e. The number of halogens is 1. The largest absolute Gasteiger partial charge is 0.506 e. The highest BCUT2D eigenvalue weighted by atomic mass is 35.5. The van der Waals surface area contributed by atoms with Crippen LogP contribution in [-0.4, -0.2) is 77.9 Å². The van der Waals surface area contributed by atoms with Gasteiger partial charge in [0.1, 0.15) is 11.5 Å². The number of ether oxygens (including phenoxy) is 1. The van der Waals surface area contributed by atoms with Crippen LogP contribution in [0.25, 0.3) is 10.8 Å². The molecule has 3 aromatic rings. The fraction of sp³-hybridized carbons (Fsp3) is 0.526. The highest BCUT2D eigenvalue weighted by Crippen LogP contribution is 2.41. The van der Waals surface area contributed by atoms with Crippen LogP contribution in [-0.2, 0) is 20.0 Å². The zero-order valence-corrected chi connectivity index (χ0v) is 33.9. The van der Waals surface area contributed by atoms with Gasteiger partial charge in [0.15, 0.2) is 0 Å². The number of hydrogen-bond acceptors (Lipinski definition) is 8. The van der Waals surface area contributed by atoms with Crippen LogP contribution in [0.2, 0.25) is 5.02 Å². The molecular formula is C38H55ClN4O8S2. The number of hydrogen-bond donors (Lipinski definition) is 3. The molecule has 0 radical (unpaired) electrons. The van der Waals surface area contributed by atoms with E-state index in [1.54, 1.807) is 0 Å². The molecule has 0 saturated carbocycles. The Morgan fingerprint density at radius 2 is 1.36 bits per heavy atom. The molecule has 0 unspecified atom stereocenters. The fourth-order valence-electron chi connectivity index (χ4n) is 5.82. The van der Waals surface area contributed by atoms with Crippen LogP contribution in [0.3, 0.4) is 0 Å². The fourth-order valence-corrected chi connectivity index (χ4v) is 8.19. The molecule has 3 N–H and O–H groups in total. The van der Waals surface area contributed by atoms with Gasteiger partial charge in [0.25, 0.3) is 5.91 Å². The Labute approximate surface area is 320 Å². The van der Waals surface area contributed by atoms with Crippen molar-refractivity contribution in [2.24, 2.45) is 0 Å². The van der Waals surface area contributed by atoms with Gasteiger partial charge >= 0.3 is 6.09 Å². The Morgan fingerprint density at radius 3 is 1.91 bits per heavy atom. The molecule has 0 saturated heterocycles. The summed E-state index contributed by atoms with van der Waals surface area (Å²) >= 11 is 6.36. The lowest BCUT2D eigenvalue weighted by atomic mass is 10.0. The number of nitrogens with zero attached hydrogens (tertiary/aromatic N) is 2. The summed E-state index contributed by atoms with van der Waals surface area (Å²) in [6, 6.07) is 8.98. The molecule has 0 fully saturated rings. The van der Waals surface area contributed by atoms with Gasteiger partial charge in [-0.1, -0.05) is 114 Å². The molecule has 2 amide bonds. The summed E-state index contributed by atoms with van der Waals surface area (Å²) in [6.45, 7) is 2.49. The molecule has 0 spiro atoms. The molecule has 0 bridgehead atoms. The monoisotopic (exact) mass is 794 g/mol. The van der Waals surface area contributed by atoms with Gasteiger partial charge in [-0.2, -0.15) is 0 Å². The summed E-state index contributed by atoms with van der Waals surface area (Å²) in [6.07, 6.45) is 15.9. The first-order valence-electron chi connectivity index (χ1n) is 18.3. The van der Waals surface area contributed by atoms with E-state index in [4.69, 9.17) is 16.3 Å². The number of amides is 2. The Morgan fingerprint density at radius 1 is 0.792 bits per heavy atom. The van der Waals surface area contributed by atoms with E-state index in [1.165, 1.54) is 129 Å². The predicted octanol–water partition coefficient (Wildman–Crippen LogP) is 8.52. The minimum atomic E-state index is -4.09. The summed E-state index contributed by atoms with van der Waals surface area (Å²) in [4.78, 5) is 27.0. The van der Waals surface area contributed by atoms with Crippen molar-refractivity contribution in [3.8, 4) is 11.5 Å². The molecule has 12 nitrogen and oxygen atoms in total. The molecule has 0 aliphatic carbocycles. The Bertz CT molecular complexity index is 1920. The highest BCUT2D eigenvalue weighted by Gasteiger charge is 2.28. The smallest absolute Gasteiger partial charge is 0.414 e. The lowest BCUT2D eigenvalue weighted by Crippen LogP contribution is -2.26. The first-order valence-corrected chi connectivity index (χ1v) is 21.6. The SMILES string of the molecule is CCCCCCCCCCCCCCCCNS(=O)(=O)c1ccc(Cl)c(NC(=O)c2cc(OC(=O)N(C)C)c3c(S(=O)(=O)N(C)C)cccc3c2O)c1. The lowest BCUT2D eigenvalue weighted by molar-refractivity contribution is 0.102. The van der Waals surface area contributed by atoms with E-state index in [1.807, 2.05) is 0 Å². The highest BCUT2D eigenvalue weighted by molar-refractivity contribution is 7.89. The zero-order chi connectivity index (χ0) is 39.2. The molecule has 0 aliphatic heterocycles. The van der Waals surface area contributed by atoms with E-state index >= 15 is 0 Å². The van der Waals surface area contributed by atoms with Gasteiger partial charge in [-0.15, -0.1) is 0 Å². The van der Waals surface area contributed by atoms with Crippen LogP contribution >= 0.6 is 11.6 Å². The number of anilines is 1. The number of sulfonamides is 2. The quantitative estimate of drug-likeness (QED) is 0.0853. The van der Waals surface area contributed by atoms with Crippen molar-refractivity contribution >= 4 is 60.1 Å². The van der Waals surface area contributed by atoms with Gasteiger partial charge in [-0.25, -0.2) is 30.7 Å². The van der Waals surface area contributed by atoms with Crippen molar-refractivity contribution in [2.75, 3.05) is 40.1 Å². The number of carbonyl (C=O) groups excluding carboxylic acids is 2. The molecule has 3 rings (SSSR count). The normalized spacial score (nSPS) is 12.0. The third-order valence-corrected chi connectivity index (χ3v) is 12.6. The van der Waals surface area contributed by atoms with Crippen LogP contribution in [0.15, 0.2) is 52.3 Å². The second-order valence-electron chi connectivity index (χ2n) is 13.6. The third-order valence-electron chi connectivity index (χ3n) is 8.94.